The lowest BCUT2D eigenvalue weighted by Gasteiger charge is -2.16. The quantitative estimate of drug-likeness (QED) is 0.738. The van der Waals surface area contributed by atoms with E-state index in [9.17, 15) is 5.11 Å². The van der Waals surface area contributed by atoms with Gasteiger partial charge >= 0.3 is 0 Å². The number of pyridine rings is 1. The number of likely N-dealkylation sites (N-methyl/N-ethyl adjacent to an activating group) is 1. The average molecular weight is 192 g/mol. The van der Waals surface area contributed by atoms with Crippen LogP contribution in [0.15, 0.2) is 31.0 Å². The summed E-state index contributed by atoms with van der Waals surface area (Å²) in [6, 6.07) is 3.78. The highest BCUT2D eigenvalue weighted by Crippen LogP contribution is 2.14. The van der Waals surface area contributed by atoms with Crippen LogP contribution in [0.1, 0.15) is 18.6 Å². The van der Waals surface area contributed by atoms with Crippen molar-refractivity contribution in [2.75, 3.05) is 18.5 Å². The van der Waals surface area contributed by atoms with Crippen LogP contribution in [-0.2, 0) is 0 Å². The van der Waals surface area contributed by atoms with Gasteiger partial charge in [0.2, 0.25) is 0 Å². The Balaban J connectivity index is 2.77. The third-order valence-corrected chi connectivity index (χ3v) is 2.05. The van der Waals surface area contributed by atoms with E-state index in [1.165, 1.54) is 0 Å². The highest BCUT2D eigenvalue weighted by molar-refractivity contribution is 5.39. The Labute approximate surface area is 84.7 Å². The van der Waals surface area contributed by atoms with E-state index < -0.39 is 6.10 Å². The molecule has 1 rings (SSSR count). The molecule has 0 aliphatic heterocycles. The van der Waals surface area contributed by atoms with Gasteiger partial charge < -0.3 is 10.0 Å². The van der Waals surface area contributed by atoms with Crippen molar-refractivity contribution in [3.05, 3.63) is 36.5 Å². The summed E-state index contributed by atoms with van der Waals surface area (Å²) in [5.41, 5.74) is 0.834. The zero-order valence-corrected chi connectivity index (χ0v) is 8.64. The minimum atomic E-state index is -0.457. The largest absolute Gasteiger partial charge is 0.389 e. The smallest absolute Gasteiger partial charge is 0.128 e. The summed E-state index contributed by atoms with van der Waals surface area (Å²) in [6.45, 7) is 6.15. The second kappa shape index (κ2) is 4.77. The molecule has 0 amide bonds. The summed E-state index contributed by atoms with van der Waals surface area (Å²) in [7, 11) is 1.95. The number of aliphatic hydroxyl groups is 1. The van der Waals surface area contributed by atoms with Crippen LogP contribution in [0.25, 0.3) is 0 Å². The minimum Gasteiger partial charge on any atom is -0.389 e. The molecule has 1 aromatic rings. The maximum absolute atomic E-state index is 9.29. The van der Waals surface area contributed by atoms with E-state index in [2.05, 4.69) is 11.6 Å². The van der Waals surface area contributed by atoms with E-state index >= 15 is 0 Å². The van der Waals surface area contributed by atoms with Crippen molar-refractivity contribution in [2.24, 2.45) is 0 Å². The van der Waals surface area contributed by atoms with Crippen LogP contribution in [-0.4, -0.2) is 23.7 Å². The van der Waals surface area contributed by atoms with Gasteiger partial charge in [-0.05, 0) is 18.6 Å². The molecule has 0 spiro atoms. The molecule has 1 heterocycles. The Bertz CT molecular complexity index is 293. The summed E-state index contributed by atoms with van der Waals surface area (Å²) in [4.78, 5) is 6.22. The molecule has 3 heteroatoms. The first-order valence-corrected chi connectivity index (χ1v) is 4.61. The highest BCUT2D eigenvalue weighted by Gasteiger charge is 2.03. The van der Waals surface area contributed by atoms with Gasteiger partial charge in [-0.2, -0.15) is 0 Å². The van der Waals surface area contributed by atoms with E-state index in [4.69, 9.17) is 0 Å². The molecule has 0 aromatic carbocycles. The first-order chi connectivity index (χ1) is 6.65. The fraction of sp³-hybridized carbons (Fsp3) is 0.364. The van der Waals surface area contributed by atoms with Crippen molar-refractivity contribution in [2.45, 2.75) is 13.0 Å². The van der Waals surface area contributed by atoms with Gasteiger partial charge in [0, 0.05) is 19.8 Å². The lowest BCUT2D eigenvalue weighted by molar-refractivity contribution is 0.199. The average Bonchev–Trinajstić information content (AvgIpc) is 2.18. The van der Waals surface area contributed by atoms with E-state index in [1.807, 2.05) is 30.2 Å². The Hall–Kier alpha value is -1.35. The molecule has 0 radical (unpaired) electrons. The third-order valence-electron chi connectivity index (χ3n) is 2.05. The van der Waals surface area contributed by atoms with E-state index in [-0.39, 0.29) is 0 Å². The fourth-order valence-electron chi connectivity index (χ4n) is 1.16. The first kappa shape index (κ1) is 10.7. The number of anilines is 1. The molecule has 76 valence electrons. The van der Waals surface area contributed by atoms with Crippen LogP contribution in [0.2, 0.25) is 0 Å². The SMILES string of the molecule is C=CCN(C)c1ccc([C@@H](C)O)cn1. The summed E-state index contributed by atoms with van der Waals surface area (Å²) in [6.07, 6.45) is 3.06. The van der Waals surface area contributed by atoms with Crippen LogP contribution in [0, 0.1) is 0 Å². The second-order valence-corrected chi connectivity index (χ2v) is 3.29. The van der Waals surface area contributed by atoms with Gasteiger partial charge in [-0.15, -0.1) is 6.58 Å². The Morgan fingerprint density at radius 2 is 2.36 bits per heavy atom. The Morgan fingerprint density at radius 1 is 1.64 bits per heavy atom. The zero-order chi connectivity index (χ0) is 10.6. The summed E-state index contributed by atoms with van der Waals surface area (Å²) >= 11 is 0. The van der Waals surface area contributed by atoms with Crippen LogP contribution in [0.5, 0.6) is 0 Å². The van der Waals surface area contributed by atoms with Crippen molar-refractivity contribution < 1.29 is 5.11 Å². The van der Waals surface area contributed by atoms with Gasteiger partial charge in [-0.25, -0.2) is 4.98 Å². The van der Waals surface area contributed by atoms with Crippen molar-refractivity contribution in [3.8, 4) is 0 Å². The molecule has 0 aliphatic rings. The molecule has 1 atom stereocenters. The molecule has 0 saturated heterocycles. The van der Waals surface area contributed by atoms with Crippen molar-refractivity contribution in [1.82, 2.24) is 4.98 Å². The van der Waals surface area contributed by atoms with Crippen LogP contribution < -0.4 is 4.90 Å². The van der Waals surface area contributed by atoms with Crippen molar-refractivity contribution >= 4 is 5.82 Å². The van der Waals surface area contributed by atoms with Crippen LogP contribution in [0.4, 0.5) is 5.82 Å². The first-order valence-electron chi connectivity index (χ1n) is 4.61. The molecule has 0 saturated carbocycles. The van der Waals surface area contributed by atoms with Gasteiger partial charge in [0.1, 0.15) is 5.82 Å². The monoisotopic (exact) mass is 192 g/mol. The van der Waals surface area contributed by atoms with E-state index in [1.54, 1.807) is 13.1 Å². The Kier molecular flexibility index (Phi) is 3.65. The molecule has 1 N–H and O–H groups in total. The third kappa shape index (κ3) is 2.57. The number of aromatic nitrogens is 1. The fourth-order valence-corrected chi connectivity index (χ4v) is 1.16. The number of aliphatic hydroxyl groups excluding tert-OH is 1. The molecule has 3 nitrogen and oxygen atoms in total. The lowest BCUT2D eigenvalue weighted by Crippen LogP contribution is -2.17. The van der Waals surface area contributed by atoms with Gasteiger partial charge in [-0.3, -0.25) is 0 Å². The predicted molar refractivity (Wildman–Crippen MR) is 58.3 cm³/mol. The standard InChI is InChI=1S/C11H16N2O/c1-4-7-13(3)11-6-5-10(8-12-11)9(2)14/h4-6,8-9,14H,1,7H2,2-3H3/t9-/m1/s1. The van der Waals surface area contributed by atoms with Crippen LogP contribution in [0.3, 0.4) is 0 Å². The number of hydrogen-bond donors (Lipinski definition) is 1. The number of hydrogen-bond acceptors (Lipinski definition) is 3. The molecule has 14 heavy (non-hydrogen) atoms. The molecular weight excluding hydrogens is 176 g/mol. The predicted octanol–water partition coefficient (Wildman–Crippen LogP) is 1.76. The number of rotatable bonds is 4. The van der Waals surface area contributed by atoms with Gasteiger partial charge in [0.15, 0.2) is 0 Å². The Morgan fingerprint density at radius 3 is 2.79 bits per heavy atom. The molecule has 0 fully saturated rings. The maximum Gasteiger partial charge on any atom is 0.128 e. The van der Waals surface area contributed by atoms with Crippen LogP contribution >= 0.6 is 0 Å². The summed E-state index contributed by atoms with van der Waals surface area (Å²) in [5.74, 6) is 0.884. The molecule has 1 aromatic heterocycles. The van der Waals surface area contributed by atoms with E-state index in [0.29, 0.717) is 0 Å². The lowest BCUT2D eigenvalue weighted by atomic mass is 10.2. The van der Waals surface area contributed by atoms with Gasteiger partial charge in [-0.1, -0.05) is 12.1 Å². The van der Waals surface area contributed by atoms with Gasteiger partial charge in [0.25, 0.3) is 0 Å². The van der Waals surface area contributed by atoms with E-state index in [0.717, 1.165) is 17.9 Å². The van der Waals surface area contributed by atoms with Crippen molar-refractivity contribution in [3.63, 3.8) is 0 Å². The van der Waals surface area contributed by atoms with Gasteiger partial charge in [0.05, 0.1) is 6.10 Å². The minimum absolute atomic E-state index is 0.457. The maximum atomic E-state index is 9.29. The molecule has 0 bridgehead atoms. The zero-order valence-electron chi connectivity index (χ0n) is 8.64. The molecule has 0 aliphatic carbocycles. The number of nitrogens with zero attached hydrogens (tertiary/aromatic N) is 2. The highest BCUT2D eigenvalue weighted by atomic mass is 16.3. The second-order valence-electron chi connectivity index (χ2n) is 3.29. The molecular formula is C11H16N2O. The summed E-state index contributed by atoms with van der Waals surface area (Å²) in [5, 5.41) is 9.29. The topological polar surface area (TPSA) is 36.4 Å². The normalized spacial score (nSPS) is 12.2. The molecule has 0 unspecified atom stereocenters. The summed E-state index contributed by atoms with van der Waals surface area (Å²) < 4.78 is 0. The van der Waals surface area contributed by atoms with Crippen molar-refractivity contribution in [1.29, 1.82) is 0 Å².